The Morgan fingerprint density at radius 2 is 1.88 bits per heavy atom. The Labute approximate surface area is 141 Å². The lowest BCUT2D eigenvalue weighted by molar-refractivity contribution is 0.0954. The van der Waals surface area contributed by atoms with E-state index in [-0.39, 0.29) is 5.91 Å². The number of methoxy groups -OCH3 is 1. The summed E-state index contributed by atoms with van der Waals surface area (Å²) in [5.41, 5.74) is 5.16. The molecule has 0 unspecified atom stereocenters. The first-order valence-corrected chi connectivity index (χ1v) is 8.07. The normalized spacial score (nSPS) is 10.8. The highest BCUT2D eigenvalue weighted by molar-refractivity contribution is 5.94. The smallest absolute Gasteiger partial charge is 0.251 e. The number of ether oxygens (including phenoxy) is 1. The van der Waals surface area contributed by atoms with Gasteiger partial charge in [0.25, 0.3) is 5.91 Å². The summed E-state index contributed by atoms with van der Waals surface area (Å²) in [5.74, 6) is 0.808. The Kier molecular flexibility index (Phi) is 4.56. The maximum absolute atomic E-state index is 12.3. The van der Waals surface area contributed by atoms with Gasteiger partial charge in [0.2, 0.25) is 0 Å². The highest BCUT2D eigenvalue weighted by Crippen LogP contribution is 2.23. The summed E-state index contributed by atoms with van der Waals surface area (Å²) in [6.45, 7) is 4.61. The van der Waals surface area contributed by atoms with E-state index >= 15 is 0 Å². The fourth-order valence-electron chi connectivity index (χ4n) is 3.02. The minimum absolute atomic E-state index is 0.0247. The predicted molar refractivity (Wildman–Crippen MR) is 96.8 cm³/mol. The molecule has 3 aromatic rings. The minimum atomic E-state index is -0.0247. The third-order valence-electron chi connectivity index (χ3n) is 4.14. The molecule has 124 valence electrons. The van der Waals surface area contributed by atoms with E-state index in [1.54, 1.807) is 7.11 Å². The Morgan fingerprint density at radius 1 is 1.12 bits per heavy atom. The van der Waals surface area contributed by atoms with Gasteiger partial charge in [-0.05, 0) is 50.1 Å². The van der Waals surface area contributed by atoms with Crippen LogP contribution in [0.5, 0.6) is 5.75 Å². The molecule has 0 saturated heterocycles. The van der Waals surface area contributed by atoms with E-state index in [0.29, 0.717) is 6.54 Å². The number of amides is 1. The van der Waals surface area contributed by atoms with E-state index < -0.39 is 0 Å². The van der Waals surface area contributed by atoms with Crippen LogP contribution in [-0.2, 0) is 6.42 Å². The molecule has 1 heterocycles. The molecule has 24 heavy (non-hydrogen) atoms. The van der Waals surface area contributed by atoms with Crippen LogP contribution in [0.3, 0.4) is 0 Å². The van der Waals surface area contributed by atoms with E-state index in [9.17, 15) is 4.79 Å². The molecule has 0 atom stereocenters. The van der Waals surface area contributed by atoms with Crippen LogP contribution in [-0.4, -0.2) is 24.5 Å². The van der Waals surface area contributed by atoms with E-state index in [4.69, 9.17) is 4.74 Å². The molecule has 0 saturated carbocycles. The largest absolute Gasteiger partial charge is 0.497 e. The van der Waals surface area contributed by atoms with Crippen molar-refractivity contribution in [2.45, 2.75) is 20.3 Å². The van der Waals surface area contributed by atoms with Crippen LogP contribution < -0.4 is 10.1 Å². The fourth-order valence-corrected chi connectivity index (χ4v) is 3.02. The number of fused-ring (bicyclic) bond motifs is 1. The first-order valence-electron chi connectivity index (χ1n) is 8.07. The Balaban J connectivity index is 1.65. The van der Waals surface area contributed by atoms with Gasteiger partial charge in [-0.15, -0.1) is 0 Å². The molecule has 0 fully saturated rings. The molecule has 4 nitrogen and oxygen atoms in total. The van der Waals surface area contributed by atoms with Crippen molar-refractivity contribution >= 4 is 16.8 Å². The summed E-state index contributed by atoms with van der Waals surface area (Å²) in [7, 11) is 1.66. The topological polar surface area (TPSA) is 54.1 Å². The first kappa shape index (κ1) is 16.1. The van der Waals surface area contributed by atoms with Gasteiger partial charge < -0.3 is 15.0 Å². The van der Waals surface area contributed by atoms with Crippen molar-refractivity contribution < 1.29 is 9.53 Å². The summed E-state index contributed by atoms with van der Waals surface area (Å²) < 4.78 is 5.24. The number of rotatable bonds is 5. The lowest BCUT2D eigenvalue weighted by atomic mass is 10.1. The zero-order valence-corrected chi connectivity index (χ0v) is 14.3. The maximum Gasteiger partial charge on any atom is 0.251 e. The number of aryl methyl sites for hydroxylation is 2. The highest BCUT2D eigenvalue weighted by Gasteiger charge is 2.08. The standard InChI is InChI=1S/C20H22N2O2/c1-13-8-14(2)10-16(9-13)20(23)21-7-6-15-12-22-19-11-17(24-3)4-5-18(15)19/h4-5,8-12,22H,6-7H2,1-3H3,(H,21,23). The number of aromatic nitrogens is 1. The minimum Gasteiger partial charge on any atom is -0.497 e. The highest BCUT2D eigenvalue weighted by atomic mass is 16.5. The van der Waals surface area contributed by atoms with Gasteiger partial charge in [0.05, 0.1) is 7.11 Å². The average molecular weight is 322 g/mol. The molecular weight excluding hydrogens is 300 g/mol. The van der Waals surface area contributed by atoms with Crippen molar-refractivity contribution in [2.24, 2.45) is 0 Å². The SMILES string of the molecule is COc1ccc2c(CCNC(=O)c3cc(C)cc(C)c3)c[nH]c2c1. The zero-order valence-electron chi connectivity index (χ0n) is 14.3. The van der Waals surface area contributed by atoms with Crippen molar-refractivity contribution in [1.29, 1.82) is 0 Å². The van der Waals surface area contributed by atoms with Crippen molar-refractivity contribution in [2.75, 3.05) is 13.7 Å². The predicted octanol–water partition coefficient (Wildman–Crippen LogP) is 3.77. The maximum atomic E-state index is 12.3. The number of nitrogens with one attached hydrogen (secondary N) is 2. The number of carbonyl (C=O) groups excluding carboxylic acids is 1. The van der Waals surface area contributed by atoms with E-state index in [0.717, 1.165) is 39.8 Å². The van der Waals surface area contributed by atoms with E-state index in [1.807, 2.05) is 50.4 Å². The number of hydrogen-bond donors (Lipinski definition) is 2. The van der Waals surface area contributed by atoms with Gasteiger partial charge in [-0.3, -0.25) is 4.79 Å². The Bertz CT molecular complexity index is 860. The van der Waals surface area contributed by atoms with Crippen molar-refractivity contribution in [3.63, 3.8) is 0 Å². The van der Waals surface area contributed by atoms with Gasteiger partial charge in [-0.1, -0.05) is 17.2 Å². The van der Waals surface area contributed by atoms with E-state index in [2.05, 4.69) is 16.4 Å². The monoisotopic (exact) mass is 322 g/mol. The number of hydrogen-bond acceptors (Lipinski definition) is 2. The molecule has 1 amide bonds. The van der Waals surface area contributed by atoms with Crippen LogP contribution in [0.1, 0.15) is 27.0 Å². The van der Waals surface area contributed by atoms with Crippen LogP contribution >= 0.6 is 0 Å². The number of benzene rings is 2. The van der Waals surface area contributed by atoms with Crippen LogP contribution in [0.2, 0.25) is 0 Å². The molecule has 0 bridgehead atoms. The second kappa shape index (κ2) is 6.79. The molecule has 0 radical (unpaired) electrons. The van der Waals surface area contributed by atoms with Crippen LogP contribution in [0, 0.1) is 13.8 Å². The van der Waals surface area contributed by atoms with Crippen molar-refractivity contribution in [3.05, 3.63) is 64.8 Å². The molecule has 3 rings (SSSR count). The molecule has 1 aromatic heterocycles. The number of carbonyl (C=O) groups is 1. The van der Waals surface area contributed by atoms with Crippen molar-refractivity contribution in [3.8, 4) is 5.75 Å². The molecular formula is C20H22N2O2. The third kappa shape index (κ3) is 3.43. The van der Waals surface area contributed by atoms with Gasteiger partial charge in [0.1, 0.15) is 5.75 Å². The van der Waals surface area contributed by atoms with Crippen molar-refractivity contribution in [1.82, 2.24) is 10.3 Å². The van der Waals surface area contributed by atoms with Gasteiger partial charge in [-0.25, -0.2) is 0 Å². The van der Waals surface area contributed by atoms with Gasteiger partial charge >= 0.3 is 0 Å². The van der Waals surface area contributed by atoms with Gasteiger partial charge in [-0.2, -0.15) is 0 Å². The second-order valence-electron chi connectivity index (χ2n) is 6.11. The molecule has 0 spiro atoms. The summed E-state index contributed by atoms with van der Waals surface area (Å²) in [6, 6.07) is 11.9. The lowest BCUT2D eigenvalue weighted by Crippen LogP contribution is -2.25. The second-order valence-corrected chi connectivity index (χ2v) is 6.11. The summed E-state index contributed by atoms with van der Waals surface area (Å²) >= 11 is 0. The Morgan fingerprint density at radius 3 is 2.58 bits per heavy atom. The summed E-state index contributed by atoms with van der Waals surface area (Å²) in [4.78, 5) is 15.5. The zero-order chi connectivity index (χ0) is 17.1. The number of aromatic amines is 1. The van der Waals surface area contributed by atoms with Crippen LogP contribution in [0.15, 0.2) is 42.6 Å². The summed E-state index contributed by atoms with van der Waals surface area (Å²) in [5, 5.41) is 4.16. The molecule has 2 aromatic carbocycles. The molecule has 0 aliphatic rings. The molecule has 0 aliphatic carbocycles. The average Bonchev–Trinajstić information content (AvgIpc) is 2.96. The van der Waals surface area contributed by atoms with Crippen LogP contribution in [0.4, 0.5) is 0 Å². The molecule has 0 aliphatic heterocycles. The quantitative estimate of drug-likeness (QED) is 0.751. The number of H-pyrrole nitrogens is 1. The molecule has 2 N–H and O–H groups in total. The van der Waals surface area contributed by atoms with Crippen LogP contribution in [0.25, 0.3) is 10.9 Å². The lowest BCUT2D eigenvalue weighted by Gasteiger charge is -2.07. The Hall–Kier alpha value is -2.75. The third-order valence-corrected chi connectivity index (χ3v) is 4.14. The van der Waals surface area contributed by atoms with Gasteiger partial charge in [0.15, 0.2) is 0 Å². The first-order chi connectivity index (χ1) is 11.6. The molecule has 4 heteroatoms. The van der Waals surface area contributed by atoms with Gasteiger partial charge in [0, 0.05) is 35.3 Å². The van der Waals surface area contributed by atoms with E-state index in [1.165, 1.54) is 5.56 Å². The summed E-state index contributed by atoms with van der Waals surface area (Å²) in [6.07, 6.45) is 2.77. The fraction of sp³-hybridized carbons (Fsp3) is 0.250.